The zero-order valence-electron chi connectivity index (χ0n) is 21.3. The lowest BCUT2D eigenvalue weighted by molar-refractivity contribution is -0.128. The first kappa shape index (κ1) is 25.1. The summed E-state index contributed by atoms with van der Waals surface area (Å²) in [6.07, 6.45) is 7.80. The monoisotopic (exact) mass is 505 g/mol. The van der Waals surface area contributed by atoms with Gasteiger partial charge in [-0.3, -0.25) is 14.4 Å². The number of rotatable bonds is 6. The number of aromatic nitrogens is 1. The number of nitrogens with zero attached hydrogens (tertiary/aromatic N) is 2. The highest BCUT2D eigenvalue weighted by atomic mass is 16.5. The normalized spacial score (nSPS) is 23.9. The average Bonchev–Trinajstić information content (AvgIpc) is 3.51. The summed E-state index contributed by atoms with van der Waals surface area (Å²) in [6, 6.07) is 8.13. The van der Waals surface area contributed by atoms with Crippen LogP contribution in [0.1, 0.15) is 68.3 Å². The predicted molar refractivity (Wildman–Crippen MR) is 138 cm³/mol. The molecule has 3 amide bonds. The van der Waals surface area contributed by atoms with Gasteiger partial charge >= 0.3 is 0 Å². The molecular formula is C28H35N5O4. The Balaban J connectivity index is 1.38. The number of hydrogen-bond donors (Lipinski definition) is 3. The second kappa shape index (κ2) is 10.4. The predicted octanol–water partition coefficient (Wildman–Crippen LogP) is 3.27. The maximum atomic E-state index is 13.8. The lowest BCUT2D eigenvalue weighted by Gasteiger charge is -2.32. The molecule has 9 nitrogen and oxygen atoms in total. The number of fused-ring (bicyclic) bond motifs is 1. The van der Waals surface area contributed by atoms with Crippen LogP contribution in [0.5, 0.6) is 5.75 Å². The van der Waals surface area contributed by atoms with E-state index in [0.717, 1.165) is 43.0 Å². The van der Waals surface area contributed by atoms with Crippen molar-refractivity contribution in [2.45, 2.75) is 69.9 Å². The minimum absolute atomic E-state index is 0.0613. The number of methoxy groups -OCH3 is 1. The van der Waals surface area contributed by atoms with Gasteiger partial charge in [0.25, 0.3) is 5.91 Å². The molecule has 1 aliphatic carbocycles. The van der Waals surface area contributed by atoms with Crippen LogP contribution >= 0.6 is 0 Å². The van der Waals surface area contributed by atoms with Gasteiger partial charge in [-0.25, -0.2) is 0 Å². The van der Waals surface area contributed by atoms with Gasteiger partial charge < -0.3 is 25.3 Å². The fraction of sp³-hybridized carbons (Fsp3) is 0.571. The van der Waals surface area contributed by atoms with E-state index in [9.17, 15) is 19.6 Å². The molecule has 2 unspecified atom stereocenters. The van der Waals surface area contributed by atoms with Crippen LogP contribution in [-0.4, -0.2) is 59.9 Å². The summed E-state index contributed by atoms with van der Waals surface area (Å²) >= 11 is 0. The zero-order valence-corrected chi connectivity index (χ0v) is 21.3. The van der Waals surface area contributed by atoms with Crippen molar-refractivity contribution in [2.24, 2.45) is 11.3 Å². The van der Waals surface area contributed by atoms with E-state index < -0.39 is 12.1 Å². The molecular weight excluding hydrogens is 470 g/mol. The Morgan fingerprint density at radius 1 is 1.27 bits per heavy atom. The fourth-order valence-electron chi connectivity index (χ4n) is 6.50. The number of ether oxygens (including phenoxy) is 1. The third kappa shape index (κ3) is 5.02. The molecule has 9 heteroatoms. The molecule has 1 aromatic heterocycles. The fourth-order valence-corrected chi connectivity index (χ4v) is 6.50. The number of piperidine rings is 1. The van der Waals surface area contributed by atoms with E-state index in [1.54, 1.807) is 18.1 Å². The van der Waals surface area contributed by atoms with Gasteiger partial charge in [-0.05, 0) is 62.1 Å². The van der Waals surface area contributed by atoms with E-state index in [1.165, 1.54) is 6.42 Å². The molecule has 2 aliphatic heterocycles. The first-order valence-electron chi connectivity index (χ1n) is 13.4. The summed E-state index contributed by atoms with van der Waals surface area (Å²) in [7, 11) is 1.60. The lowest BCUT2D eigenvalue weighted by atomic mass is 9.72. The number of carbonyl (C=O) groups excluding carboxylic acids is 3. The molecule has 1 saturated carbocycles. The second-order valence-electron chi connectivity index (χ2n) is 10.9. The minimum Gasteiger partial charge on any atom is -0.496 e. The van der Waals surface area contributed by atoms with Gasteiger partial charge in [-0.1, -0.05) is 25.3 Å². The molecule has 1 aromatic carbocycles. The lowest BCUT2D eigenvalue weighted by Crippen LogP contribution is -2.49. The Labute approximate surface area is 216 Å². The van der Waals surface area contributed by atoms with Crippen molar-refractivity contribution in [2.75, 3.05) is 20.2 Å². The van der Waals surface area contributed by atoms with Crippen molar-refractivity contribution in [1.82, 2.24) is 20.5 Å². The van der Waals surface area contributed by atoms with Crippen molar-refractivity contribution < 1.29 is 19.1 Å². The molecule has 1 spiro atoms. The largest absolute Gasteiger partial charge is 0.496 e. The number of H-pyrrole nitrogens is 1. The van der Waals surface area contributed by atoms with Gasteiger partial charge in [0.2, 0.25) is 11.8 Å². The van der Waals surface area contributed by atoms with E-state index in [2.05, 4.69) is 21.7 Å². The molecule has 2 aromatic rings. The Hall–Kier alpha value is -3.54. The summed E-state index contributed by atoms with van der Waals surface area (Å²) in [5, 5.41) is 16.3. The summed E-state index contributed by atoms with van der Waals surface area (Å²) in [4.78, 5) is 44.5. The third-order valence-electron chi connectivity index (χ3n) is 8.45. The molecule has 3 N–H and O–H groups in total. The summed E-state index contributed by atoms with van der Waals surface area (Å²) in [6.45, 7) is 1.18. The number of nitriles is 1. The molecule has 196 valence electrons. The molecule has 0 radical (unpaired) electrons. The number of hydrogen-bond acceptors (Lipinski definition) is 5. The zero-order chi connectivity index (χ0) is 26.0. The second-order valence-corrected chi connectivity index (χ2v) is 10.9. The van der Waals surface area contributed by atoms with Crippen LogP contribution in [0.3, 0.4) is 0 Å². The minimum atomic E-state index is -0.779. The first-order valence-corrected chi connectivity index (χ1v) is 13.4. The van der Waals surface area contributed by atoms with Crippen LogP contribution in [0, 0.1) is 22.7 Å². The Bertz CT molecular complexity index is 1220. The molecule has 0 bridgehead atoms. The molecule has 3 heterocycles. The topological polar surface area (TPSA) is 127 Å². The van der Waals surface area contributed by atoms with Crippen LogP contribution < -0.4 is 15.4 Å². The molecule has 37 heavy (non-hydrogen) atoms. The molecule has 2 saturated heterocycles. The number of aromatic amines is 1. The maximum Gasteiger partial charge on any atom is 0.271 e. The van der Waals surface area contributed by atoms with Gasteiger partial charge in [-0.15, -0.1) is 0 Å². The first-order chi connectivity index (χ1) is 17.9. The van der Waals surface area contributed by atoms with Crippen molar-refractivity contribution in [3.05, 3.63) is 30.0 Å². The molecule has 3 fully saturated rings. The van der Waals surface area contributed by atoms with Crippen molar-refractivity contribution in [3.63, 3.8) is 0 Å². The van der Waals surface area contributed by atoms with Crippen LogP contribution in [0.15, 0.2) is 24.3 Å². The number of nitrogens with one attached hydrogen (secondary N) is 3. The molecule has 3 atom stereocenters. The van der Waals surface area contributed by atoms with E-state index in [1.807, 2.05) is 18.2 Å². The van der Waals surface area contributed by atoms with Gasteiger partial charge in [0.1, 0.15) is 23.5 Å². The highest BCUT2D eigenvalue weighted by Gasteiger charge is 2.49. The van der Waals surface area contributed by atoms with Crippen LogP contribution in [0.2, 0.25) is 0 Å². The number of carbonyl (C=O) groups is 3. The standard InChI is InChI=1S/C28H35N5O4/c1-37-24-9-5-8-21-20(24)14-22(32-21)27(36)33-17-28(10-3-2-4-11-28)15-23(33)26(35)31-19(16-29)13-18-7-6-12-30-25(18)34/h5,8-9,14,18-19,23,32H,2-4,6-7,10-13,15,17H2,1H3,(H,30,34)(H,31,35)/t18-,19?,23?/m0/s1. The van der Waals surface area contributed by atoms with Crippen molar-refractivity contribution in [3.8, 4) is 11.8 Å². The van der Waals surface area contributed by atoms with Crippen LogP contribution in [-0.2, 0) is 9.59 Å². The molecule has 5 rings (SSSR count). The van der Waals surface area contributed by atoms with E-state index in [-0.39, 0.29) is 35.5 Å². The maximum absolute atomic E-state index is 13.8. The third-order valence-corrected chi connectivity index (χ3v) is 8.45. The van der Waals surface area contributed by atoms with Crippen molar-refractivity contribution >= 4 is 28.6 Å². The number of likely N-dealkylation sites (tertiary alicyclic amines) is 1. The van der Waals surface area contributed by atoms with E-state index in [4.69, 9.17) is 4.74 Å². The average molecular weight is 506 g/mol. The number of benzene rings is 1. The number of amides is 3. The summed E-state index contributed by atoms with van der Waals surface area (Å²) in [5.74, 6) is -0.205. The van der Waals surface area contributed by atoms with Crippen molar-refractivity contribution in [1.29, 1.82) is 5.26 Å². The highest BCUT2D eigenvalue weighted by Crippen LogP contribution is 2.47. The van der Waals surface area contributed by atoms with Gasteiger partial charge in [0.15, 0.2) is 0 Å². The molecule has 3 aliphatic rings. The van der Waals surface area contributed by atoms with Gasteiger partial charge in [0, 0.05) is 29.9 Å². The smallest absolute Gasteiger partial charge is 0.271 e. The SMILES string of the molecule is COc1cccc2[nH]c(C(=O)N3CC4(CCCCC4)CC3C(=O)NC(C#N)C[C@@H]3CCCNC3=O)cc12. The van der Waals surface area contributed by atoms with Gasteiger partial charge in [-0.2, -0.15) is 5.26 Å². The Morgan fingerprint density at radius 2 is 2.08 bits per heavy atom. The van der Waals surface area contributed by atoms with E-state index >= 15 is 0 Å². The summed E-state index contributed by atoms with van der Waals surface area (Å²) in [5.41, 5.74) is 1.14. The van der Waals surface area contributed by atoms with E-state index in [0.29, 0.717) is 37.4 Å². The van der Waals surface area contributed by atoms with Crippen LogP contribution in [0.25, 0.3) is 10.9 Å². The van der Waals surface area contributed by atoms with Gasteiger partial charge in [0.05, 0.1) is 13.2 Å². The Morgan fingerprint density at radius 3 is 2.81 bits per heavy atom. The Kier molecular flexibility index (Phi) is 7.09. The summed E-state index contributed by atoms with van der Waals surface area (Å²) < 4.78 is 5.45. The van der Waals surface area contributed by atoms with Crippen LogP contribution in [0.4, 0.5) is 0 Å². The quantitative estimate of drug-likeness (QED) is 0.555. The highest BCUT2D eigenvalue weighted by molar-refractivity contribution is 6.02.